The monoisotopic (exact) mass is 211 g/mol. The first-order valence-corrected chi connectivity index (χ1v) is 6.23. The molecule has 0 spiro atoms. The Kier molecular flexibility index (Phi) is 4.11. The molecule has 0 unspecified atom stereocenters. The van der Waals surface area contributed by atoms with E-state index in [1.807, 2.05) is 23.3 Å². The molecule has 0 aromatic carbocycles. The van der Waals surface area contributed by atoms with Crippen molar-refractivity contribution in [1.29, 1.82) is 0 Å². The third kappa shape index (κ3) is 2.00. The second kappa shape index (κ2) is 4.92. The van der Waals surface area contributed by atoms with Gasteiger partial charge in [-0.3, -0.25) is 4.79 Å². The highest BCUT2D eigenvalue weighted by Crippen LogP contribution is 2.34. The lowest BCUT2D eigenvalue weighted by atomic mass is 9.90. The lowest BCUT2D eigenvalue weighted by molar-refractivity contribution is -0.123. The Balaban J connectivity index is 2.99. The Hall–Kier alpha value is -0.375. The molecule has 4 heteroatoms. The maximum absolute atomic E-state index is 12.0. The van der Waals surface area contributed by atoms with E-state index in [4.69, 9.17) is 0 Å². The molecular weight excluding hydrogens is 193 g/mol. The predicted octanol–water partition coefficient (Wildman–Crippen LogP) is 2.77. The third-order valence-electron chi connectivity index (χ3n) is 2.62. The normalized spacial score (nSPS) is 18.1. The lowest BCUT2D eigenvalue weighted by Gasteiger charge is -2.32. The minimum Gasteiger partial charge on any atom is -0.372 e. The first-order valence-electron chi connectivity index (χ1n) is 5.35. The average molecular weight is 211 g/mol. The zero-order chi connectivity index (χ0) is 10.7. The zero-order valence-corrected chi connectivity index (χ0v) is 10.3. The fraction of sp³-hybridized carbons (Fsp3) is 0.700. The molecule has 0 bridgehead atoms. The van der Waals surface area contributed by atoms with Gasteiger partial charge in [-0.05, 0) is 24.7 Å². The van der Waals surface area contributed by atoms with E-state index in [0.29, 0.717) is 6.13 Å². The second-order valence-corrected chi connectivity index (χ2v) is 4.83. The van der Waals surface area contributed by atoms with Crippen molar-refractivity contribution in [2.45, 2.75) is 40.4 Å². The number of allylic oxidation sites excluding steroid dienone is 1. The molecular formula is C10H18BNOS. The fourth-order valence-electron chi connectivity index (χ4n) is 1.84. The summed E-state index contributed by atoms with van der Waals surface area (Å²) in [5, 5.41) is 0. The van der Waals surface area contributed by atoms with Crippen molar-refractivity contribution in [3.05, 3.63) is 10.5 Å². The Morgan fingerprint density at radius 2 is 1.93 bits per heavy atom. The molecule has 0 aromatic rings. The van der Waals surface area contributed by atoms with Crippen molar-refractivity contribution in [1.82, 2.24) is 4.81 Å². The van der Waals surface area contributed by atoms with Gasteiger partial charge < -0.3 is 4.81 Å². The van der Waals surface area contributed by atoms with E-state index in [9.17, 15) is 4.79 Å². The number of hydrogen-bond acceptors (Lipinski definition) is 2. The van der Waals surface area contributed by atoms with Crippen LogP contribution in [0.15, 0.2) is 10.5 Å². The number of rotatable bonds is 3. The standard InChI is InChI=1S/C10H18BNOS/c1-5-8-9(6-2)14-11(4)12(7-3)10(8)13/h5-7H2,1-4H3. The summed E-state index contributed by atoms with van der Waals surface area (Å²) in [6.07, 6.45) is 2.15. The van der Waals surface area contributed by atoms with E-state index in [2.05, 4.69) is 20.7 Å². The number of hydrogen-bond donors (Lipinski definition) is 0. The SMILES string of the molecule is CCC1=C(CC)C(=O)N(CC)B(C)S1. The summed E-state index contributed by atoms with van der Waals surface area (Å²) in [7, 11) is 0. The van der Waals surface area contributed by atoms with E-state index in [1.165, 1.54) is 4.91 Å². The highest BCUT2D eigenvalue weighted by Gasteiger charge is 2.32. The maximum atomic E-state index is 12.0. The van der Waals surface area contributed by atoms with Gasteiger partial charge in [0.15, 0.2) is 0 Å². The van der Waals surface area contributed by atoms with Crippen LogP contribution >= 0.6 is 11.6 Å². The molecule has 0 saturated heterocycles. The lowest BCUT2D eigenvalue weighted by Crippen LogP contribution is -2.43. The average Bonchev–Trinajstić information content (AvgIpc) is 2.17. The zero-order valence-electron chi connectivity index (χ0n) is 9.46. The van der Waals surface area contributed by atoms with Crippen LogP contribution in [0.5, 0.6) is 0 Å². The summed E-state index contributed by atoms with van der Waals surface area (Å²) in [5.41, 5.74) is 1.03. The van der Waals surface area contributed by atoms with Crippen molar-refractivity contribution in [3.8, 4) is 0 Å². The minimum absolute atomic E-state index is 0.248. The largest absolute Gasteiger partial charge is 0.372 e. The second-order valence-electron chi connectivity index (χ2n) is 3.42. The summed E-state index contributed by atoms with van der Waals surface area (Å²) >= 11 is 1.84. The summed E-state index contributed by atoms with van der Waals surface area (Å²) < 4.78 is 0. The summed E-state index contributed by atoms with van der Waals surface area (Å²) in [6, 6.07) is 0. The Morgan fingerprint density at radius 1 is 1.29 bits per heavy atom. The molecule has 14 heavy (non-hydrogen) atoms. The van der Waals surface area contributed by atoms with Crippen molar-refractivity contribution in [2.75, 3.05) is 6.54 Å². The van der Waals surface area contributed by atoms with Gasteiger partial charge in [0.2, 0.25) is 5.91 Å². The molecule has 0 N–H and O–H groups in total. The molecule has 0 aliphatic carbocycles. The number of carbonyl (C=O) groups is 1. The van der Waals surface area contributed by atoms with E-state index < -0.39 is 0 Å². The summed E-state index contributed by atoms with van der Waals surface area (Å²) in [6.45, 7) is 9.15. The van der Waals surface area contributed by atoms with Gasteiger partial charge in [0.05, 0.1) is 0 Å². The van der Waals surface area contributed by atoms with Gasteiger partial charge in [0, 0.05) is 12.1 Å². The van der Waals surface area contributed by atoms with Gasteiger partial charge in [-0.15, -0.1) is 0 Å². The summed E-state index contributed by atoms with van der Waals surface area (Å²) in [5.74, 6) is 0.248. The van der Waals surface area contributed by atoms with Crippen molar-refractivity contribution in [2.24, 2.45) is 0 Å². The van der Waals surface area contributed by atoms with Crippen LogP contribution in [-0.4, -0.2) is 23.4 Å². The third-order valence-corrected chi connectivity index (χ3v) is 4.04. The molecule has 1 amide bonds. The smallest absolute Gasteiger partial charge is 0.326 e. The molecule has 78 valence electrons. The van der Waals surface area contributed by atoms with Gasteiger partial charge in [-0.1, -0.05) is 20.7 Å². The van der Waals surface area contributed by atoms with E-state index >= 15 is 0 Å². The molecule has 0 radical (unpaired) electrons. The number of likely N-dealkylation sites (N-methyl/N-ethyl adjacent to an activating group) is 1. The van der Waals surface area contributed by atoms with E-state index in [0.717, 1.165) is 25.0 Å². The van der Waals surface area contributed by atoms with Crippen LogP contribution in [0.3, 0.4) is 0 Å². The van der Waals surface area contributed by atoms with Gasteiger partial charge in [-0.25, -0.2) is 0 Å². The molecule has 1 aliphatic rings. The van der Waals surface area contributed by atoms with Crippen LogP contribution in [0.1, 0.15) is 33.6 Å². The van der Waals surface area contributed by atoms with Crippen LogP contribution in [-0.2, 0) is 4.79 Å². The van der Waals surface area contributed by atoms with Crippen LogP contribution in [0.4, 0.5) is 0 Å². The molecule has 2 nitrogen and oxygen atoms in total. The fourth-order valence-corrected chi connectivity index (χ4v) is 3.17. The van der Waals surface area contributed by atoms with E-state index in [1.54, 1.807) is 0 Å². The molecule has 1 aliphatic heterocycles. The molecule has 1 rings (SSSR count). The molecule has 1 heterocycles. The molecule has 0 saturated carbocycles. The summed E-state index contributed by atoms with van der Waals surface area (Å²) in [4.78, 5) is 15.3. The number of carbonyl (C=O) groups excluding carboxylic acids is 1. The number of nitrogens with zero attached hydrogens (tertiary/aromatic N) is 1. The van der Waals surface area contributed by atoms with E-state index in [-0.39, 0.29) is 5.91 Å². The minimum atomic E-state index is 0.248. The predicted molar refractivity (Wildman–Crippen MR) is 64.2 cm³/mol. The Bertz CT molecular complexity index is 265. The first-order chi connectivity index (χ1) is 6.65. The number of amides is 1. The van der Waals surface area contributed by atoms with Crippen molar-refractivity contribution < 1.29 is 4.79 Å². The highest BCUT2D eigenvalue weighted by molar-refractivity contribution is 8.28. The molecule has 0 fully saturated rings. The van der Waals surface area contributed by atoms with Gasteiger partial charge in [0.1, 0.15) is 0 Å². The van der Waals surface area contributed by atoms with Crippen molar-refractivity contribution >= 4 is 23.6 Å². The van der Waals surface area contributed by atoms with Crippen LogP contribution in [0, 0.1) is 0 Å². The highest BCUT2D eigenvalue weighted by atomic mass is 32.2. The molecule has 0 aromatic heterocycles. The van der Waals surface area contributed by atoms with Gasteiger partial charge in [0.25, 0.3) is 0 Å². The Labute approximate surface area is 91.1 Å². The van der Waals surface area contributed by atoms with Gasteiger partial charge in [-0.2, -0.15) is 11.6 Å². The topological polar surface area (TPSA) is 20.3 Å². The van der Waals surface area contributed by atoms with Gasteiger partial charge >= 0.3 is 6.13 Å². The molecule has 0 atom stereocenters. The quantitative estimate of drug-likeness (QED) is 0.669. The van der Waals surface area contributed by atoms with Crippen LogP contribution < -0.4 is 0 Å². The first kappa shape index (κ1) is 11.7. The van der Waals surface area contributed by atoms with Crippen LogP contribution in [0.25, 0.3) is 0 Å². The maximum Gasteiger partial charge on any atom is 0.326 e. The van der Waals surface area contributed by atoms with Crippen molar-refractivity contribution in [3.63, 3.8) is 0 Å². The van der Waals surface area contributed by atoms with Crippen LogP contribution in [0.2, 0.25) is 6.82 Å². The Morgan fingerprint density at radius 3 is 2.36 bits per heavy atom.